The summed E-state index contributed by atoms with van der Waals surface area (Å²) in [6, 6.07) is 24.1. The number of aryl methyl sites for hydroxylation is 1. The summed E-state index contributed by atoms with van der Waals surface area (Å²) < 4.78 is 14.0. The van der Waals surface area contributed by atoms with E-state index in [-0.39, 0.29) is 16.5 Å². The summed E-state index contributed by atoms with van der Waals surface area (Å²) >= 11 is 2.72. The minimum Gasteiger partial charge on any atom is -0.505 e. The van der Waals surface area contributed by atoms with Gasteiger partial charge >= 0.3 is 5.91 Å². The van der Waals surface area contributed by atoms with E-state index in [2.05, 4.69) is 39.4 Å². The number of carbonyl (C=O) groups excluding carboxylic acids is 2. The molecule has 7 rings (SSSR count). The Labute approximate surface area is 284 Å². The summed E-state index contributed by atoms with van der Waals surface area (Å²) in [5.41, 5.74) is 3.03. The van der Waals surface area contributed by atoms with Gasteiger partial charge in [-0.25, -0.2) is 4.98 Å². The van der Waals surface area contributed by atoms with Crippen molar-refractivity contribution in [2.45, 2.75) is 36.9 Å². The van der Waals surface area contributed by atoms with Crippen LogP contribution in [0.5, 0.6) is 11.5 Å². The molecule has 1 aliphatic rings. The predicted molar refractivity (Wildman–Crippen MR) is 187 cm³/mol. The number of imidazole rings is 1. The van der Waals surface area contributed by atoms with Gasteiger partial charge in [0.2, 0.25) is 5.13 Å². The molecule has 4 heterocycles. The van der Waals surface area contributed by atoms with Crippen LogP contribution in [0.1, 0.15) is 42.4 Å². The first-order valence-corrected chi connectivity index (χ1v) is 17.3. The average molecular weight is 678 g/mol. The Morgan fingerprint density at radius 2 is 1.71 bits per heavy atom. The lowest BCUT2D eigenvalue weighted by Gasteiger charge is -2.23. The Morgan fingerprint density at radius 1 is 0.938 bits per heavy atom. The molecule has 48 heavy (non-hydrogen) atoms. The Bertz CT molecular complexity index is 2220. The van der Waals surface area contributed by atoms with Crippen molar-refractivity contribution >= 4 is 62.1 Å². The predicted octanol–water partition coefficient (Wildman–Crippen LogP) is 7.36. The van der Waals surface area contributed by atoms with Gasteiger partial charge in [0.25, 0.3) is 5.78 Å². The van der Waals surface area contributed by atoms with Gasteiger partial charge in [-0.3, -0.25) is 18.9 Å². The molecular formula is C36H31N5O5S2. The van der Waals surface area contributed by atoms with Gasteiger partial charge in [-0.15, -0.1) is 10.2 Å². The fourth-order valence-electron chi connectivity index (χ4n) is 6.03. The SMILES string of the molecule is CCOc1ccc(C2C(=C(O)c3c(C)nc4ccccn34)C(=O)C(=O)N2c2nnc(SCc3cccc4ccccc34)s2)cc1OCC. The number of thioether (sulfide) groups is 1. The van der Waals surface area contributed by atoms with E-state index in [0.717, 1.165) is 16.3 Å². The van der Waals surface area contributed by atoms with Crippen LogP contribution in [-0.2, 0) is 15.3 Å². The number of fused-ring (bicyclic) bond motifs is 2. The first kappa shape index (κ1) is 31.4. The van der Waals surface area contributed by atoms with Crippen molar-refractivity contribution < 1.29 is 24.2 Å². The lowest BCUT2D eigenvalue weighted by molar-refractivity contribution is -0.132. The smallest absolute Gasteiger partial charge is 0.301 e. The summed E-state index contributed by atoms with van der Waals surface area (Å²) in [5.74, 6) is -0.365. The molecule has 10 nitrogen and oxygen atoms in total. The fourth-order valence-corrected chi connectivity index (χ4v) is 7.90. The molecule has 1 aliphatic heterocycles. The minimum absolute atomic E-state index is 0.0829. The van der Waals surface area contributed by atoms with E-state index < -0.39 is 17.7 Å². The number of benzene rings is 3. The highest BCUT2D eigenvalue weighted by molar-refractivity contribution is 8.00. The standard InChI is InChI=1S/C36H31N5O5S2/c1-4-45-26-17-16-23(19-27(26)46-5-2)31-29(32(42)30-21(3)37-28-15-8-9-18-40(28)30)33(43)34(44)41(31)35-38-39-36(48-35)47-20-24-13-10-12-22-11-6-7-14-25(22)24/h6-19,31,42H,4-5,20H2,1-3H3. The quantitative estimate of drug-likeness (QED) is 0.0521. The monoisotopic (exact) mass is 677 g/mol. The van der Waals surface area contributed by atoms with Gasteiger partial charge in [0.15, 0.2) is 21.6 Å². The number of hydrogen-bond donors (Lipinski definition) is 1. The number of rotatable bonds is 10. The maximum atomic E-state index is 13.9. The molecule has 1 atom stereocenters. The number of aliphatic hydroxyl groups is 1. The zero-order valence-electron chi connectivity index (χ0n) is 26.4. The van der Waals surface area contributed by atoms with Crippen LogP contribution in [0.2, 0.25) is 0 Å². The first-order chi connectivity index (χ1) is 23.4. The number of nitrogens with zero attached hydrogens (tertiary/aromatic N) is 5. The first-order valence-electron chi connectivity index (χ1n) is 15.5. The van der Waals surface area contributed by atoms with Crippen LogP contribution >= 0.6 is 23.1 Å². The van der Waals surface area contributed by atoms with Crippen molar-refractivity contribution in [3.05, 3.63) is 113 Å². The number of amides is 1. The normalized spacial score (nSPS) is 15.9. The van der Waals surface area contributed by atoms with Crippen LogP contribution in [-0.4, -0.2) is 49.6 Å². The molecule has 0 spiro atoms. The van der Waals surface area contributed by atoms with Crippen molar-refractivity contribution in [1.82, 2.24) is 19.6 Å². The van der Waals surface area contributed by atoms with Crippen LogP contribution in [0.4, 0.5) is 5.13 Å². The third-order valence-corrected chi connectivity index (χ3v) is 10.2. The fraction of sp³-hybridized carbons (Fsp3) is 0.194. The third-order valence-electron chi connectivity index (χ3n) is 8.09. The molecule has 1 fully saturated rings. The third kappa shape index (κ3) is 5.56. The largest absolute Gasteiger partial charge is 0.505 e. The Kier molecular flexibility index (Phi) is 8.59. The van der Waals surface area contributed by atoms with Crippen LogP contribution in [0.15, 0.2) is 95.0 Å². The molecule has 6 aromatic rings. The van der Waals surface area contributed by atoms with Crippen LogP contribution in [0.3, 0.4) is 0 Å². The highest BCUT2D eigenvalue weighted by atomic mass is 32.2. The zero-order chi connectivity index (χ0) is 33.4. The molecule has 3 aromatic heterocycles. The van der Waals surface area contributed by atoms with Crippen molar-refractivity contribution in [2.75, 3.05) is 18.1 Å². The number of anilines is 1. The number of hydrogen-bond acceptors (Lipinski definition) is 10. The van der Waals surface area contributed by atoms with Crippen LogP contribution in [0, 0.1) is 6.92 Å². The van der Waals surface area contributed by atoms with Gasteiger partial charge in [0, 0.05) is 11.9 Å². The number of aliphatic hydroxyl groups excluding tert-OH is 1. The number of Topliss-reactive ketones (excluding diaryl/α,β-unsaturated/α-hetero) is 1. The molecule has 12 heteroatoms. The summed E-state index contributed by atoms with van der Waals surface area (Å²) in [6.45, 7) is 6.29. The molecule has 0 saturated carbocycles. The summed E-state index contributed by atoms with van der Waals surface area (Å²) in [4.78, 5) is 33.7. The molecule has 0 aliphatic carbocycles. The molecule has 1 N–H and O–H groups in total. The molecular weight excluding hydrogens is 647 g/mol. The number of aromatic nitrogens is 4. The Balaban J connectivity index is 1.32. The van der Waals surface area contributed by atoms with Gasteiger partial charge in [0.1, 0.15) is 11.3 Å². The maximum Gasteiger partial charge on any atom is 0.301 e. The van der Waals surface area contributed by atoms with E-state index >= 15 is 0 Å². The molecule has 1 unspecified atom stereocenters. The lowest BCUT2D eigenvalue weighted by Crippen LogP contribution is -2.29. The van der Waals surface area contributed by atoms with E-state index in [4.69, 9.17) is 9.47 Å². The van der Waals surface area contributed by atoms with Crippen molar-refractivity contribution in [3.8, 4) is 11.5 Å². The zero-order valence-corrected chi connectivity index (χ0v) is 28.0. The van der Waals surface area contributed by atoms with Gasteiger partial charge < -0.3 is 14.6 Å². The summed E-state index contributed by atoms with van der Waals surface area (Å²) in [5, 5.41) is 23.2. The highest BCUT2D eigenvalue weighted by Crippen LogP contribution is 2.46. The average Bonchev–Trinajstić information content (AvgIpc) is 3.77. The van der Waals surface area contributed by atoms with Crippen molar-refractivity contribution in [1.29, 1.82) is 0 Å². The van der Waals surface area contributed by atoms with E-state index in [1.807, 2.05) is 38.1 Å². The molecule has 0 radical (unpaired) electrons. The molecule has 242 valence electrons. The summed E-state index contributed by atoms with van der Waals surface area (Å²) in [7, 11) is 0. The lowest BCUT2D eigenvalue weighted by atomic mass is 9.96. The molecule has 1 saturated heterocycles. The number of ketones is 1. The van der Waals surface area contributed by atoms with Crippen molar-refractivity contribution in [2.24, 2.45) is 0 Å². The van der Waals surface area contributed by atoms with Gasteiger partial charge in [-0.2, -0.15) is 0 Å². The van der Waals surface area contributed by atoms with Gasteiger partial charge in [0.05, 0.1) is 30.5 Å². The van der Waals surface area contributed by atoms with Gasteiger partial charge in [-0.05, 0) is 66.9 Å². The highest BCUT2D eigenvalue weighted by Gasteiger charge is 2.49. The second kappa shape index (κ2) is 13.1. The van der Waals surface area contributed by atoms with E-state index in [1.165, 1.54) is 28.0 Å². The topological polar surface area (TPSA) is 119 Å². The molecule has 0 bridgehead atoms. The van der Waals surface area contributed by atoms with E-state index in [1.54, 1.807) is 47.9 Å². The minimum atomic E-state index is -1.03. The molecule has 1 amide bonds. The summed E-state index contributed by atoms with van der Waals surface area (Å²) in [6.07, 6.45) is 1.75. The number of carbonyl (C=O) groups is 2. The Hall–Kier alpha value is -5.20. The van der Waals surface area contributed by atoms with Gasteiger partial charge in [-0.1, -0.05) is 77.7 Å². The van der Waals surface area contributed by atoms with Crippen molar-refractivity contribution in [3.63, 3.8) is 0 Å². The number of pyridine rings is 1. The Morgan fingerprint density at radius 3 is 2.54 bits per heavy atom. The van der Waals surface area contributed by atoms with Crippen LogP contribution in [0.25, 0.3) is 22.2 Å². The number of ether oxygens (including phenoxy) is 2. The van der Waals surface area contributed by atoms with E-state index in [9.17, 15) is 14.7 Å². The maximum absolute atomic E-state index is 13.9. The van der Waals surface area contributed by atoms with Crippen LogP contribution < -0.4 is 14.4 Å². The van der Waals surface area contributed by atoms with E-state index in [0.29, 0.717) is 57.4 Å². The second-order valence-electron chi connectivity index (χ2n) is 11.0. The second-order valence-corrected chi connectivity index (χ2v) is 13.2. The molecule has 3 aromatic carbocycles.